The fraction of sp³-hybridized carbons (Fsp3) is 0.125. The normalized spacial score (nSPS) is 9.61. The van der Waals surface area contributed by atoms with Crippen LogP contribution in [0, 0.1) is 0 Å². The third kappa shape index (κ3) is 5.61. The smallest absolute Gasteiger partial charge is 0.248 e. The number of ether oxygens (including phenoxy) is 1. The summed E-state index contributed by atoms with van der Waals surface area (Å²) in [4.78, 5) is 22.6. The van der Waals surface area contributed by atoms with Crippen molar-refractivity contribution in [2.45, 2.75) is 0 Å². The van der Waals surface area contributed by atoms with Crippen molar-refractivity contribution < 1.29 is 14.3 Å². The van der Waals surface area contributed by atoms with Crippen LogP contribution in [0.2, 0.25) is 0 Å². The second kappa shape index (κ2) is 8.77. The molecule has 4 N–H and O–H groups in total. The van der Waals surface area contributed by atoms with Crippen molar-refractivity contribution in [3.05, 3.63) is 54.1 Å². The third-order valence-corrected chi connectivity index (χ3v) is 2.83. The molecular formula is C16H18ClN3O3. The molecule has 0 aromatic heterocycles. The zero-order chi connectivity index (χ0) is 15.9. The van der Waals surface area contributed by atoms with Crippen LogP contribution in [0.25, 0.3) is 0 Å². The van der Waals surface area contributed by atoms with Gasteiger partial charge in [0.25, 0.3) is 0 Å². The topological polar surface area (TPSA) is 93.4 Å². The minimum Gasteiger partial charge on any atom is -0.457 e. The molecule has 0 aliphatic rings. The fourth-order valence-corrected chi connectivity index (χ4v) is 1.82. The summed E-state index contributed by atoms with van der Waals surface area (Å²) in [6.07, 6.45) is 0. The number of hydrogen-bond donors (Lipinski definition) is 3. The first kappa shape index (κ1) is 18.5. The molecule has 0 radical (unpaired) electrons. The van der Waals surface area contributed by atoms with Crippen LogP contribution >= 0.6 is 12.4 Å². The van der Waals surface area contributed by atoms with Crippen molar-refractivity contribution in [1.82, 2.24) is 5.32 Å². The van der Waals surface area contributed by atoms with Crippen molar-refractivity contribution in [2.75, 3.05) is 18.9 Å². The number of carbonyl (C=O) groups is 2. The van der Waals surface area contributed by atoms with Crippen molar-refractivity contribution >= 4 is 29.9 Å². The van der Waals surface area contributed by atoms with Gasteiger partial charge >= 0.3 is 0 Å². The lowest BCUT2D eigenvalue weighted by atomic mass is 10.2. The van der Waals surface area contributed by atoms with Crippen molar-refractivity contribution in [3.63, 3.8) is 0 Å². The van der Waals surface area contributed by atoms with Gasteiger partial charge < -0.3 is 21.1 Å². The number of benzene rings is 2. The number of hydrogen-bond acceptors (Lipinski definition) is 4. The van der Waals surface area contributed by atoms with Gasteiger partial charge in [0.1, 0.15) is 11.5 Å². The Morgan fingerprint density at radius 3 is 2.39 bits per heavy atom. The van der Waals surface area contributed by atoms with Gasteiger partial charge in [-0.15, -0.1) is 12.4 Å². The zero-order valence-electron chi connectivity index (χ0n) is 12.5. The molecule has 0 fully saturated rings. The Labute approximate surface area is 140 Å². The van der Waals surface area contributed by atoms with Gasteiger partial charge in [-0.1, -0.05) is 6.07 Å². The standard InChI is InChI=1S/C16H17N3O3.ClH/c1-18-10-15(20)19-12-5-7-13(8-6-12)22-14-4-2-3-11(9-14)16(17)21;/h2-9,18H,10H2,1H3,(H2,17,21)(H,19,20);1H. The molecule has 122 valence electrons. The molecule has 7 heteroatoms. The number of rotatable bonds is 6. The van der Waals surface area contributed by atoms with Crippen molar-refractivity contribution in [3.8, 4) is 11.5 Å². The van der Waals surface area contributed by atoms with E-state index < -0.39 is 5.91 Å². The summed E-state index contributed by atoms with van der Waals surface area (Å²) in [7, 11) is 1.71. The maximum Gasteiger partial charge on any atom is 0.248 e. The van der Waals surface area contributed by atoms with Crippen LogP contribution in [0.15, 0.2) is 48.5 Å². The van der Waals surface area contributed by atoms with Crippen LogP contribution in [0.1, 0.15) is 10.4 Å². The Hall–Kier alpha value is -2.57. The first-order valence-electron chi connectivity index (χ1n) is 6.71. The molecule has 2 rings (SSSR count). The van der Waals surface area contributed by atoms with Crippen LogP contribution in [-0.2, 0) is 4.79 Å². The number of amides is 2. The molecule has 2 aromatic carbocycles. The van der Waals surface area contributed by atoms with E-state index in [2.05, 4.69) is 10.6 Å². The largest absolute Gasteiger partial charge is 0.457 e. The van der Waals surface area contributed by atoms with Crippen LogP contribution in [0.5, 0.6) is 11.5 Å². The highest BCUT2D eigenvalue weighted by Crippen LogP contribution is 2.23. The Balaban J connectivity index is 0.00000264. The molecule has 6 nitrogen and oxygen atoms in total. The minimum absolute atomic E-state index is 0. The van der Waals surface area contributed by atoms with E-state index in [1.165, 1.54) is 0 Å². The summed E-state index contributed by atoms with van der Waals surface area (Å²) in [5.74, 6) is 0.481. The first-order chi connectivity index (χ1) is 10.6. The molecule has 0 bridgehead atoms. The van der Waals surface area contributed by atoms with Gasteiger partial charge in [-0.25, -0.2) is 0 Å². The summed E-state index contributed by atoms with van der Waals surface area (Å²) < 4.78 is 5.64. The highest BCUT2D eigenvalue weighted by molar-refractivity contribution is 5.93. The number of primary amides is 1. The summed E-state index contributed by atoms with van der Waals surface area (Å²) >= 11 is 0. The van der Waals surface area contributed by atoms with E-state index >= 15 is 0 Å². The monoisotopic (exact) mass is 335 g/mol. The molecule has 2 amide bonds. The summed E-state index contributed by atoms with van der Waals surface area (Å²) in [6, 6.07) is 13.6. The number of anilines is 1. The molecule has 0 aliphatic carbocycles. The Morgan fingerprint density at radius 2 is 1.78 bits per heavy atom. The average molecular weight is 336 g/mol. The molecule has 2 aromatic rings. The lowest BCUT2D eigenvalue weighted by Gasteiger charge is -2.08. The second-order valence-electron chi connectivity index (χ2n) is 4.60. The maximum absolute atomic E-state index is 11.4. The summed E-state index contributed by atoms with van der Waals surface area (Å²) in [6.45, 7) is 0.248. The summed E-state index contributed by atoms with van der Waals surface area (Å²) in [5, 5.41) is 5.51. The predicted octanol–water partition coefficient (Wildman–Crippen LogP) is 2.16. The van der Waals surface area contributed by atoms with Crippen LogP contribution < -0.4 is 21.1 Å². The Bertz CT molecular complexity index is 675. The van der Waals surface area contributed by atoms with Gasteiger partial charge in [0.15, 0.2) is 0 Å². The maximum atomic E-state index is 11.4. The SMILES string of the molecule is CNCC(=O)Nc1ccc(Oc2cccc(C(N)=O)c2)cc1.Cl. The van der Waals surface area contributed by atoms with Crippen LogP contribution in [0.3, 0.4) is 0 Å². The second-order valence-corrected chi connectivity index (χ2v) is 4.60. The average Bonchev–Trinajstić information content (AvgIpc) is 2.50. The Kier molecular flexibility index (Phi) is 7.05. The fourth-order valence-electron chi connectivity index (χ4n) is 1.82. The minimum atomic E-state index is -0.506. The van der Waals surface area contributed by atoms with E-state index in [9.17, 15) is 9.59 Å². The van der Waals surface area contributed by atoms with E-state index in [0.29, 0.717) is 22.7 Å². The number of nitrogens with two attached hydrogens (primary N) is 1. The van der Waals surface area contributed by atoms with E-state index in [0.717, 1.165) is 0 Å². The van der Waals surface area contributed by atoms with Gasteiger partial charge in [-0.2, -0.15) is 0 Å². The van der Waals surface area contributed by atoms with E-state index in [4.69, 9.17) is 10.5 Å². The van der Waals surface area contributed by atoms with Crippen LogP contribution in [-0.4, -0.2) is 25.4 Å². The van der Waals surface area contributed by atoms with E-state index in [1.807, 2.05) is 0 Å². The highest BCUT2D eigenvalue weighted by Gasteiger charge is 2.04. The molecule has 0 unspecified atom stereocenters. The van der Waals surface area contributed by atoms with Crippen LogP contribution in [0.4, 0.5) is 5.69 Å². The summed E-state index contributed by atoms with van der Waals surface area (Å²) in [5.41, 5.74) is 6.29. The van der Waals surface area contributed by atoms with Gasteiger partial charge in [-0.05, 0) is 49.5 Å². The van der Waals surface area contributed by atoms with Gasteiger partial charge in [0.2, 0.25) is 11.8 Å². The molecule has 0 saturated carbocycles. The van der Waals surface area contributed by atoms with Gasteiger partial charge in [0.05, 0.1) is 6.54 Å². The molecular weight excluding hydrogens is 318 g/mol. The number of likely N-dealkylation sites (N-methyl/N-ethyl adjacent to an activating group) is 1. The van der Waals surface area contributed by atoms with Gasteiger partial charge in [-0.3, -0.25) is 9.59 Å². The third-order valence-electron chi connectivity index (χ3n) is 2.83. The lowest BCUT2D eigenvalue weighted by Crippen LogP contribution is -2.24. The van der Waals surface area contributed by atoms with Gasteiger partial charge in [0, 0.05) is 11.3 Å². The zero-order valence-corrected chi connectivity index (χ0v) is 13.4. The molecule has 0 aliphatic heterocycles. The highest BCUT2D eigenvalue weighted by atomic mass is 35.5. The quantitative estimate of drug-likeness (QED) is 0.754. The molecule has 0 saturated heterocycles. The number of carbonyl (C=O) groups excluding carboxylic acids is 2. The number of nitrogens with one attached hydrogen (secondary N) is 2. The number of halogens is 1. The molecule has 0 atom stereocenters. The molecule has 0 heterocycles. The van der Waals surface area contributed by atoms with E-state index in [1.54, 1.807) is 55.6 Å². The molecule has 0 spiro atoms. The van der Waals surface area contributed by atoms with Crippen molar-refractivity contribution in [1.29, 1.82) is 0 Å². The predicted molar refractivity (Wildman–Crippen MR) is 91.3 cm³/mol. The van der Waals surface area contributed by atoms with E-state index in [-0.39, 0.29) is 24.9 Å². The Morgan fingerprint density at radius 1 is 1.09 bits per heavy atom. The lowest BCUT2D eigenvalue weighted by molar-refractivity contribution is -0.115. The first-order valence-corrected chi connectivity index (χ1v) is 6.71. The van der Waals surface area contributed by atoms with Crippen molar-refractivity contribution in [2.24, 2.45) is 5.73 Å². The molecule has 23 heavy (non-hydrogen) atoms.